The van der Waals surface area contributed by atoms with Crippen LogP contribution in [-0.2, 0) is 17.9 Å². The predicted octanol–water partition coefficient (Wildman–Crippen LogP) is 3.49. The number of aromatic nitrogens is 5. The average molecular weight is 460 g/mol. The topological polar surface area (TPSA) is 108 Å². The molecule has 0 fully saturated rings. The molecule has 0 aliphatic carbocycles. The number of amides is 1. The zero-order chi connectivity index (χ0) is 24.0. The molecule has 2 aromatic carbocycles. The molecule has 1 amide bonds. The second-order valence-electron chi connectivity index (χ2n) is 8.20. The number of halogens is 1. The number of nitrogens with one attached hydrogen (secondary N) is 1. The van der Waals surface area contributed by atoms with E-state index in [2.05, 4.69) is 20.4 Å². The second kappa shape index (κ2) is 8.22. The lowest BCUT2D eigenvalue weighted by Crippen LogP contribution is -2.25. The van der Waals surface area contributed by atoms with Crippen molar-refractivity contribution in [3.05, 3.63) is 81.7 Å². The van der Waals surface area contributed by atoms with Gasteiger partial charge in [-0.3, -0.25) is 14.2 Å². The Morgan fingerprint density at radius 1 is 1.12 bits per heavy atom. The van der Waals surface area contributed by atoms with Gasteiger partial charge in [-0.1, -0.05) is 11.2 Å². The van der Waals surface area contributed by atoms with Gasteiger partial charge in [0.15, 0.2) is 5.82 Å². The fourth-order valence-electron chi connectivity index (χ4n) is 3.96. The SMILES string of the molecule is Cc1noc(Cn2cnc3c4cc(F)ccc4n(CC(=O)Nc4ccc(C)c(C)c4)c3c2=O)n1. The summed E-state index contributed by atoms with van der Waals surface area (Å²) >= 11 is 0. The lowest BCUT2D eigenvalue weighted by atomic mass is 10.1. The molecule has 9 nitrogen and oxygen atoms in total. The van der Waals surface area contributed by atoms with Crippen molar-refractivity contribution < 1.29 is 13.7 Å². The highest BCUT2D eigenvalue weighted by molar-refractivity contribution is 6.06. The summed E-state index contributed by atoms with van der Waals surface area (Å²) in [4.78, 5) is 34.9. The molecule has 5 aromatic rings. The van der Waals surface area contributed by atoms with Crippen LogP contribution in [-0.4, -0.2) is 30.2 Å². The summed E-state index contributed by atoms with van der Waals surface area (Å²) in [5.74, 6) is -0.0845. The number of rotatable bonds is 5. The minimum absolute atomic E-state index is 0.0212. The number of hydrogen-bond donors (Lipinski definition) is 1. The number of carbonyl (C=O) groups is 1. The number of aryl methyl sites for hydroxylation is 3. The molecule has 5 rings (SSSR count). The Balaban J connectivity index is 1.59. The molecule has 0 bridgehead atoms. The minimum atomic E-state index is -0.460. The third-order valence-corrected chi connectivity index (χ3v) is 5.76. The number of fused-ring (bicyclic) bond motifs is 3. The van der Waals surface area contributed by atoms with Crippen LogP contribution in [0, 0.1) is 26.6 Å². The summed E-state index contributed by atoms with van der Waals surface area (Å²) in [5, 5.41) is 7.06. The maximum Gasteiger partial charge on any atom is 0.278 e. The van der Waals surface area contributed by atoms with Crippen LogP contribution in [0.1, 0.15) is 22.8 Å². The lowest BCUT2D eigenvalue weighted by molar-refractivity contribution is -0.116. The van der Waals surface area contributed by atoms with Crippen LogP contribution in [0.2, 0.25) is 0 Å². The molecule has 34 heavy (non-hydrogen) atoms. The minimum Gasteiger partial charge on any atom is -0.337 e. The third-order valence-electron chi connectivity index (χ3n) is 5.76. The van der Waals surface area contributed by atoms with Gasteiger partial charge in [0.1, 0.15) is 29.9 Å². The monoisotopic (exact) mass is 460 g/mol. The highest BCUT2D eigenvalue weighted by atomic mass is 19.1. The summed E-state index contributed by atoms with van der Waals surface area (Å²) in [6, 6.07) is 9.78. The maximum absolute atomic E-state index is 14.0. The van der Waals surface area contributed by atoms with E-state index in [0.717, 1.165) is 11.1 Å². The van der Waals surface area contributed by atoms with Crippen molar-refractivity contribution in [1.82, 2.24) is 24.3 Å². The molecule has 10 heteroatoms. The van der Waals surface area contributed by atoms with E-state index >= 15 is 0 Å². The summed E-state index contributed by atoms with van der Waals surface area (Å²) in [6.45, 7) is 5.50. The molecule has 0 unspecified atom stereocenters. The van der Waals surface area contributed by atoms with E-state index in [9.17, 15) is 14.0 Å². The van der Waals surface area contributed by atoms with Crippen LogP contribution in [0.25, 0.3) is 21.9 Å². The normalized spacial score (nSPS) is 11.4. The molecular weight excluding hydrogens is 439 g/mol. The fourth-order valence-corrected chi connectivity index (χ4v) is 3.96. The van der Waals surface area contributed by atoms with Crippen molar-refractivity contribution in [3.8, 4) is 0 Å². The van der Waals surface area contributed by atoms with Crippen molar-refractivity contribution in [3.63, 3.8) is 0 Å². The van der Waals surface area contributed by atoms with Crippen LogP contribution in [0.5, 0.6) is 0 Å². The summed E-state index contributed by atoms with van der Waals surface area (Å²) in [6.07, 6.45) is 1.36. The van der Waals surface area contributed by atoms with Gasteiger partial charge in [0.2, 0.25) is 11.8 Å². The highest BCUT2D eigenvalue weighted by Crippen LogP contribution is 2.26. The fraction of sp³-hybridized carbons (Fsp3) is 0.208. The number of carbonyl (C=O) groups excluding carboxylic acids is 1. The van der Waals surface area contributed by atoms with E-state index in [4.69, 9.17) is 4.52 Å². The van der Waals surface area contributed by atoms with E-state index in [0.29, 0.717) is 27.9 Å². The van der Waals surface area contributed by atoms with Crippen LogP contribution < -0.4 is 10.9 Å². The molecule has 0 aliphatic heterocycles. The Labute approximate surface area is 192 Å². The van der Waals surface area contributed by atoms with E-state index in [1.165, 1.54) is 23.0 Å². The first kappa shape index (κ1) is 21.5. The van der Waals surface area contributed by atoms with Gasteiger partial charge in [-0.2, -0.15) is 4.98 Å². The van der Waals surface area contributed by atoms with Crippen LogP contribution >= 0.6 is 0 Å². The van der Waals surface area contributed by atoms with Gasteiger partial charge in [0.25, 0.3) is 5.56 Å². The Hall–Kier alpha value is -4.34. The number of anilines is 1. The molecule has 0 aliphatic rings. The molecule has 0 saturated carbocycles. The van der Waals surface area contributed by atoms with E-state index in [1.807, 2.05) is 32.0 Å². The number of benzene rings is 2. The van der Waals surface area contributed by atoms with Crippen molar-refractivity contribution in [2.75, 3.05) is 5.32 Å². The quantitative estimate of drug-likeness (QED) is 0.430. The molecule has 0 radical (unpaired) electrons. The molecule has 1 N–H and O–H groups in total. The predicted molar refractivity (Wildman–Crippen MR) is 124 cm³/mol. The summed E-state index contributed by atoms with van der Waals surface area (Å²) in [5.41, 5.74) is 3.45. The lowest BCUT2D eigenvalue weighted by Gasteiger charge is -2.10. The van der Waals surface area contributed by atoms with E-state index in [1.54, 1.807) is 17.6 Å². The third kappa shape index (κ3) is 3.83. The van der Waals surface area contributed by atoms with E-state index in [-0.39, 0.29) is 30.4 Å². The molecule has 0 saturated heterocycles. The van der Waals surface area contributed by atoms with Crippen LogP contribution in [0.3, 0.4) is 0 Å². The molecule has 3 aromatic heterocycles. The summed E-state index contributed by atoms with van der Waals surface area (Å²) < 4.78 is 22.0. The summed E-state index contributed by atoms with van der Waals surface area (Å²) in [7, 11) is 0. The maximum atomic E-state index is 14.0. The molecule has 0 atom stereocenters. The number of nitrogens with zero attached hydrogens (tertiary/aromatic N) is 5. The first-order valence-electron chi connectivity index (χ1n) is 10.6. The Morgan fingerprint density at radius 3 is 2.68 bits per heavy atom. The first-order chi connectivity index (χ1) is 16.3. The van der Waals surface area contributed by atoms with Crippen molar-refractivity contribution in [2.45, 2.75) is 33.9 Å². The smallest absolute Gasteiger partial charge is 0.278 e. The van der Waals surface area contributed by atoms with Crippen LogP contribution in [0.15, 0.2) is 52.0 Å². The van der Waals surface area contributed by atoms with Crippen molar-refractivity contribution in [2.24, 2.45) is 0 Å². The van der Waals surface area contributed by atoms with Gasteiger partial charge in [0.05, 0.1) is 11.8 Å². The van der Waals surface area contributed by atoms with Gasteiger partial charge in [0, 0.05) is 11.1 Å². The van der Waals surface area contributed by atoms with Gasteiger partial charge < -0.3 is 14.4 Å². The molecule has 172 valence electrons. The molecule has 0 spiro atoms. The highest BCUT2D eigenvalue weighted by Gasteiger charge is 2.20. The Morgan fingerprint density at radius 2 is 1.94 bits per heavy atom. The largest absolute Gasteiger partial charge is 0.337 e. The zero-order valence-electron chi connectivity index (χ0n) is 18.8. The Bertz CT molecular complexity index is 1630. The molecule has 3 heterocycles. The van der Waals surface area contributed by atoms with Crippen molar-refractivity contribution in [1.29, 1.82) is 0 Å². The van der Waals surface area contributed by atoms with Gasteiger partial charge in [-0.15, -0.1) is 0 Å². The average Bonchev–Trinajstić information content (AvgIpc) is 3.33. The number of hydrogen-bond acceptors (Lipinski definition) is 6. The Kier molecular flexibility index (Phi) is 5.20. The second-order valence-corrected chi connectivity index (χ2v) is 8.20. The first-order valence-corrected chi connectivity index (χ1v) is 10.6. The standard InChI is InChI=1S/C24H21FN6O3/c1-13-4-6-17(8-14(13)2)28-20(32)10-31-19-7-5-16(25)9-18(19)22-23(31)24(33)30(12-26-22)11-21-27-15(3)29-34-21/h4-9,12H,10-11H2,1-3H3,(H,28,32). The molecular formula is C24H21FN6O3. The van der Waals surface area contributed by atoms with E-state index < -0.39 is 11.4 Å². The van der Waals surface area contributed by atoms with Crippen molar-refractivity contribution >= 4 is 33.5 Å². The van der Waals surface area contributed by atoms with Gasteiger partial charge in [-0.05, 0) is 62.2 Å². The van der Waals surface area contributed by atoms with Crippen LogP contribution in [0.4, 0.5) is 10.1 Å². The zero-order valence-corrected chi connectivity index (χ0v) is 18.8. The van der Waals surface area contributed by atoms with Gasteiger partial charge in [-0.25, -0.2) is 9.37 Å². The van der Waals surface area contributed by atoms with Gasteiger partial charge >= 0.3 is 0 Å².